The molecule has 1 aromatic rings. The first-order chi connectivity index (χ1) is 20.2. The molecule has 1 aromatic heterocycles. The molecule has 2 saturated heterocycles. The van der Waals surface area contributed by atoms with Crippen LogP contribution in [-0.2, 0) is 27.2 Å². The molecule has 0 aromatic carbocycles. The van der Waals surface area contributed by atoms with Crippen molar-refractivity contribution < 1.29 is 53.5 Å². The van der Waals surface area contributed by atoms with Gasteiger partial charge < -0.3 is 27.2 Å². The molecular formula is C26H42F6N2O8Si2. The van der Waals surface area contributed by atoms with Gasteiger partial charge in [-0.2, -0.15) is 26.3 Å². The average molecular weight is 681 g/mol. The lowest BCUT2D eigenvalue weighted by Gasteiger charge is -2.51. The Bertz CT molecular complexity index is 1190. The van der Waals surface area contributed by atoms with Crippen LogP contribution in [0.25, 0.3) is 0 Å². The Balaban J connectivity index is 2.04. The summed E-state index contributed by atoms with van der Waals surface area (Å²) in [6.07, 6.45) is -14.5. The molecule has 3 rings (SSSR count). The summed E-state index contributed by atoms with van der Waals surface area (Å²) in [5.74, 6) is -3.73. The van der Waals surface area contributed by atoms with Gasteiger partial charge in [-0.25, -0.2) is 4.79 Å². The Labute approximate surface area is 253 Å². The van der Waals surface area contributed by atoms with Crippen molar-refractivity contribution in [2.24, 2.45) is 5.92 Å². The molecule has 1 N–H and O–H groups in total. The Kier molecular flexibility index (Phi) is 11.5. The number of ether oxygens (including phenoxy) is 3. The van der Waals surface area contributed by atoms with E-state index in [-0.39, 0.29) is 28.8 Å². The highest BCUT2D eigenvalue weighted by atomic mass is 28.5. The van der Waals surface area contributed by atoms with Crippen LogP contribution < -0.4 is 11.2 Å². The minimum Gasteiger partial charge on any atom is -0.414 e. The molecule has 18 heteroatoms. The number of H-pyrrole nitrogens is 1. The van der Waals surface area contributed by atoms with E-state index in [4.69, 9.17) is 27.2 Å². The van der Waals surface area contributed by atoms with Gasteiger partial charge in [-0.15, -0.1) is 0 Å². The molecule has 0 spiro atoms. The zero-order chi connectivity index (χ0) is 33.4. The molecule has 1 unspecified atom stereocenters. The number of nitrogens with one attached hydrogen (secondary N) is 1. The van der Waals surface area contributed by atoms with E-state index in [1.807, 2.05) is 55.4 Å². The zero-order valence-corrected chi connectivity index (χ0v) is 28.0. The number of hydrogen-bond donors (Lipinski definition) is 1. The Hall–Kier alpha value is -1.55. The number of nitrogens with zero attached hydrogens (tertiary/aromatic N) is 1. The van der Waals surface area contributed by atoms with Crippen molar-refractivity contribution in [2.45, 2.75) is 114 Å². The van der Waals surface area contributed by atoms with Crippen LogP contribution in [0.1, 0.15) is 61.6 Å². The zero-order valence-electron chi connectivity index (χ0n) is 26.0. The smallest absolute Gasteiger partial charge is 0.402 e. The van der Waals surface area contributed by atoms with E-state index in [1.165, 1.54) is 0 Å². The van der Waals surface area contributed by atoms with Gasteiger partial charge in [0.2, 0.25) is 0 Å². The van der Waals surface area contributed by atoms with Crippen LogP contribution in [0, 0.1) is 5.92 Å². The summed E-state index contributed by atoms with van der Waals surface area (Å²) in [5, 5.41) is 0. The fourth-order valence-electron chi connectivity index (χ4n) is 5.82. The molecule has 254 valence electrons. The van der Waals surface area contributed by atoms with Gasteiger partial charge in [-0.1, -0.05) is 55.4 Å². The van der Waals surface area contributed by atoms with E-state index >= 15 is 0 Å². The lowest BCUT2D eigenvalue weighted by atomic mass is 10.1. The SMILES string of the molecule is CC(C)[Si]1(C(C)C)OC[C@H]2O[C@@H](n3ccc(=O)[nH]c3=O)[C@@H](OCOCC(C(F)(F)F)C(F)(F)F)C2O[Si](C(C)C)(C(C)C)O1. The minimum atomic E-state index is -5.59. The maximum absolute atomic E-state index is 13.1. The molecule has 10 nitrogen and oxygen atoms in total. The summed E-state index contributed by atoms with van der Waals surface area (Å²) in [6, 6.07) is 1.06. The third-order valence-electron chi connectivity index (χ3n) is 8.16. The fraction of sp³-hybridized carbons (Fsp3) is 0.846. The highest BCUT2D eigenvalue weighted by Crippen LogP contribution is 2.49. The van der Waals surface area contributed by atoms with Crippen molar-refractivity contribution in [1.29, 1.82) is 0 Å². The highest BCUT2D eigenvalue weighted by Gasteiger charge is 2.62. The average Bonchev–Trinajstić information content (AvgIpc) is 3.17. The van der Waals surface area contributed by atoms with Crippen LogP contribution in [0.4, 0.5) is 26.3 Å². The van der Waals surface area contributed by atoms with Crippen LogP contribution >= 0.6 is 0 Å². The maximum Gasteiger partial charge on any atom is 0.402 e. The van der Waals surface area contributed by atoms with Gasteiger partial charge in [0.25, 0.3) is 5.56 Å². The Morgan fingerprint density at radius 3 is 1.95 bits per heavy atom. The Morgan fingerprint density at radius 1 is 0.932 bits per heavy atom. The summed E-state index contributed by atoms with van der Waals surface area (Å²) < 4.78 is 117. The van der Waals surface area contributed by atoms with E-state index in [9.17, 15) is 35.9 Å². The number of halogens is 6. The van der Waals surface area contributed by atoms with Gasteiger partial charge in [0.05, 0.1) is 13.2 Å². The molecule has 0 radical (unpaired) electrons. The monoisotopic (exact) mass is 680 g/mol. The molecule has 0 bridgehead atoms. The maximum atomic E-state index is 13.1. The second-order valence-electron chi connectivity index (χ2n) is 12.4. The number of hydrogen-bond acceptors (Lipinski definition) is 8. The normalized spacial score (nSPS) is 26.1. The number of aromatic nitrogens is 2. The predicted octanol–water partition coefficient (Wildman–Crippen LogP) is 5.49. The van der Waals surface area contributed by atoms with Gasteiger partial charge in [-0.05, 0) is 22.2 Å². The summed E-state index contributed by atoms with van der Waals surface area (Å²) in [4.78, 5) is 26.7. The molecule has 0 aliphatic carbocycles. The molecule has 44 heavy (non-hydrogen) atoms. The van der Waals surface area contributed by atoms with Crippen molar-refractivity contribution in [2.75, 3.05) is 20.0 Å². The van der Waals surface area contributed by atoms with E-state index in [2.05, 4.69) is 4.98 Å². The second-order valence-corrected chi connectivity index (χ2v) is 21.2. The van der Waals surface area contributed by atoms with Crippen LogP contribution in [0.5, 0.6) is 0 Å². The van der Waals surface area contributed by atoms with Crippen LogP contribution in [0.2, 0.25) is 22.2 Å². The van der Waals surface area contributed by atoms with Crippen molar-refractivity contribution in [3.63, 3.8) is 0 Å². The number of aromatic amines is 1. The first-order valence-corrected chi connectivity index (χ1v) is 18.4. The molecular weight excluding hydrogens is 638 g/mol. The summed E-state index contributed by atoms with van der Waals surface area (Å²) in [5.41, 5.74) is -1.84. The lowest BCUT2D eigenvalue weighted by molar-refractivity contribution is -0.299. The molecule has 2 aliphatic heterocycles. The van der Waals surface area contributed by atoms with E-state index in [1.54, 1.807) is 0 Å². The minimum absolute atomic E-state index is 0.00158. The van der Waals surface area contributed by atoms with Crippen molar-refractivity contribution in [3.8, 4) is 0 Å². The largest absolute Gasteiger partial charge is 0.414 e. The predicted molar refractivity (Wildman–Crippen MR) is 150 cm³/mol. The number of rotatable bonds is 10. The topological polar surface area (TPSA) is 110 Å². The van der Waals surface area contributed by atoms with Gasteiger partial charge >= 0.3 is 35.2 Å². The molecule has 4 atom stereocenters. The van der Waals surface area contributed by atoms with Gasteiger partial charge in [0.15, 0.2) is 12.1 Å². The van der Waals surface area contributed by atoms with Crippen molar-refractivity contribution >= 4 is 17.1 Å². The lowest BCUT2D eigenvalue weighted by Crippen LogP contribution is -2.66. The first-order valence-electron chi connectivity index (χ1n) is 14.5. The number of fused-ring (bicyclic) bond motifs is 1. The van der Waals surface area contributed by atoms with Crippen molar-refractivity contribution in [3.05, 3.63) is 33.1 Å². The van der Waals surface area contributed by atoms with Crippen molar-refractivity contribution in [1.82, 2.24) is 9.55 Å². The third kappa shape index (κ3) is 7.53. The quantitative estimate of drug-likeness (QED) is 0.150. The Morgan fingerprint density at radius 2 is 1.48 bits per heavy atom. The third-order valence-corrected chi connectivity index (χ3v) is 18.4. The highest BCUT2D eigenvalue weighted by molar-refractivity contribution is 6.84. The molecule has 0 saturated carbocycles. The molecule has 2 aliphatic rings. The second kappa shape index (κ2) is 13.7. The molecule has 3 heterocycles. The van der Waals surface area contributed by atoms with Gasteiger partial charge in [0.1, 0.15) is 25.1 Å². The standard InChI is InChI=1S/C26H42F6N2O8Si2/c1-14(2)43(15(3)4)39-11-18-21(41-44(42-43,16(5)6)17(7)8)22(23(40-18)34-10-9-20(35)33-24(34)36)38-13-37-12-19(25(27,28)29)26(30,31)32/h9-10,14-19,21-23H,11-13H2,1-8H3,(H,33,35,36)/t18-,21?,22+,23-/m1/s1. The van der Waals surface area contributed by atoms with E-state index in [0.29, 0.717) is 0 Å². The summed E-state index contributed by atoms with van der Waals surface area (Å²) >= 11 is 0. The molecule has 2 fully saturated rings. The van der Waals surface area contributed by atoms with Crippen LogP contribution in [-0.4, -0.2) is 77.3 Å². The van der Waals surface area contributed by atoms with Gasteiger partial charge in [-0.3, -0.25) is 14.3 Å². The summed E-state index contributed by atoms with van der Waals surface area (Å²) in [7, 11) is -6.28. The van der Waals surface area contributed by atoms with Crippen LogP contribution in [0.15, 0.2) is 21.9 Å². The first kappa shape index (κ1) is 36.9. The van der Waals surface area contributed by atoms with E-state index < -0.39 is 84.6 Å². The fourth-order valence-corrected chi connectivity index (χ4v) is 17.0. The summed E-state index contributed by atoms with van der Waals surface area (Å²) in [6.45, 7) is 13.1. The van der Waals surface area contributed by atoms with Gasteiger partial charge in [0, 0.05) is 12.3 Å². The van der Waals surface area contributed by atoms with Crippen LogP contribution in [0.3, 0.4) is 0 Å². The van der Waals surface area contributed by atoms with E-state index in [0.717, 1.165) is 16.8 Å². The molecule has 0 amide bonds. The number of alkyl halides is 6.